The molecule has 29 heavy (non-hydrogen) atoms. The van der Waals surface area contributed by atoms with Crippen LogP contribution in [0.25, 0.3) is 5.57 Å². The summed E-state index contributed by atoms with van der Waals surface area (Å²) in [4.78, 5) is 16.3. The highest BCUT2D eigenvalue weighted by molar-refractivity contribution is 5.69. The third kappa shape index (κ3) is 4.51. The number of aromatic nitrogens is 2. The molecule has 3 aromatic rings. The van der Waals surface area contributed by atoms with Gasteiger partial charge in [0.05, 0.1) is 19.9 Å². The summed E-state index contributed by atoms with van der Waals surface area (Å²) in [6, 6.07) is 9.45. The van der Waals surface area contributed by atoms with Crippen molar-refractivity contribution in [2.75, 3.05) is 12.4 Å². The predicted molar refractivity (Wildman–Crippen MR) is 110 cm³/mol. The van der Waals surface area contributed by atoms with Crippen molar-refractivity contribution in [1.29, 1.82) is 0 Å². The first-order valence-electron chi connectivity index (χ1n) is 8.91. The van der Waals surface area contributed by atoms with Gasteiger partial charge in [-0.2, -0.15) is 4.98 Å². The number of benzene rings is 2. The highest BCUT2D eigenvalue weighted by Crippen LogP contribution is 2.24. The molecule has 7 heteroatoms. The summed E-state index contributed by atoms with van der Waals surface area (Å²) < 4.78 is 33.5. The molecule has 0 saturated carbocycles. The number of hydrogen-bond acceptors (Lipinski definition) is 4. The molecule has 0 fully saturated rings. The van der Waals surface area contributed by atoms with Gasteiger partial charge in [0.15, 0.2) is 11.6 Å². The highest BCUT2D eigenvalue weighted by atomic mass is 19.2. The smallest absolute Gasteiger partial charge is 0.316 e. The average Bonchev–Trinajstić information content (AvgIpc) is 2.68. The molecule has 5 nitrogen and oxygen atoms in total. The molecule has 0 aliphatic carbocycles. The quantitative estimate of drug-likeness (QED) is 0.657. The van der Waals surface area contributed by atoms with Crippen LogP contribution in [0.5, 0.6) is 5.75 Å². The Hall–Kier alpha value is -3.48. The van der Waals surface area contributed by atoms with Crippen molar-refractivity contribution in [3.05, 3.63) is 87.9 Å². The van der Waals surface area contributed by atoms with E-state index >= 15 is 0 Å². The zero-order chi connectivity index (χ0) is 21.1. The van der Waals surface area contributed by atoms with Crippen LogP contribution in [-0.2, 0) is 6.54 Å². The van der Waals surface area contributed by atoms with E-state index < -0.39 is 17.2 Å². The number of nitrogens with zero attached hydrogens (tertiary/aromatic N) is 2. The first-order chi connectivity index (χ1) is 13.8. The molecule has 1 aromatic heterocycles. The maximum Gasteiger partial charge on any atom is 0.316 e. The molecule has 2 aromatic carbocycles. The molecule has 0 amide bonds. The van der Waals surface area contributed by atoms with Crippen LogP contribution in [0.1, 0.15) is 23.6 Å². The number of aryl methyl sites for hydroxylation is 1. The summed E-state index contributed by atoms with van der Waals surface area (Å²) >= 11 is 0. The monoisotopic (exact) mass is 397 g/mol. The molecule has 0 radical (unpaired) electrons. The van der Waals surface area contributed by atoms with Crippen molar-refractivity contribution in [2.45, 2.75) is 20.4 Å². The van der Waals surface area contributed by atoms with Crippen LogP contribution in [-0.4, -0.2) is 16.7 Å². The van der Waals surface area contributed by atoms with E-state index in [-0.39, 0.29) is 18.2 Å². The van der Waals surface area contributed by atoms with Gasteiger partial charge in [-0.3, -0.25) is 4.79 Å². The van der Waals surface area contributed by atoms with E-state index in [0.717, 1.165) is 34.5 Å². The van der Waals surface area contributed by atoms with Crippen LogP contribution in [0, 0.1) is 18.6 Å². The summed E-state index contributed by atoms with van der Waals surface area (Å²) in [7, 11) is 1.37. The van der Waals surface area contributed by atoms with Gasteiger partial charge in [-0.15, -0.1) is 0 Å². The lowest BCUT2D eigenvalue weighted by Gasteiger charge is -2.17. The van der Waals surface area contributed by atoms with Crippen molar-refractivity contribution in [2.24, 2.45) is 0 Å². The summed E-state index contributed by atoms with van der Waals surface area (Å²) in [6.45, 7) is 7.93. The molecular weight excluding hydrogens is 376 g/mol. The summed E-state index contributed by atoms with van der Waals surface area (Å²) in [6.07, 6.45) is 1.48. The second kappa shape index (κ2) is 8.26. The third-order valence-electron chi connectivity index (χ3n) is 4.50. The van der Waals surface area contributed by atoms with E-state index in [9.17, 15) is 13.6 Å². The fourth-order valence-electron chi connectivity index (χ4n) is 2.81. The molecule has 1 heterocycles. The number of anilines is 2. The van der Waals surface area contributed by atoms with Crippen molar-refractivity contribution in [3.8, 4) is 5.75 Å². The maximum absolute atomic E-state index is 13.6. The van der Waals surface area contributed by atoms with E-state index in [4.69, 9.17) is 4.74 Å². The number of halogens is 2. The van der Waals surface area contributed by atoms with E-state index in [1.165, 1.54) is 19.4 Å². The average molecular weight is 397 g/mol. The number of allylic oxidation sites excluding steroid dienone is 1. The summed E-state index contributed by atoms with van der Waals surface area (Å²) in [5.74, 6) is -1.56. The van der Waals surface area contributed by atoms with Gasteiger partial charge in [-0.25, -0.2) is 8.78 Å². The van der Waals surface area contributed by atoms with Crippen LogP contribution in [0.2, 0.25) is 0 Å². The van der Waals surface area contributed by atoms with Crippen LogP contribution < -0.4 is 15.6 Å². The van der Waals surface area contributed by atoms with Crippen LogP contribution in [0.3, 0.4) is 0 Å². The number of hydrogen-bond donors (Lipinski definition) is 1. The molecular formula is C22H21F2N3O2. The number of nitrogens with one attached hydrogen (secondary N) is 1. The second-order valence-corrected chi connectivity index (χ2v) is 6.75. The maximum atomic E-state index is 13.6. The Morgan fingerprint density at radius 1 is 1.21 bits per heavy atom. The fraction of sp³-hybridized carbons (Fsp3) is 0.182. The molecule has 150 valence electrons. The normalized spacial score (nSPS) is 10.7. The lowest BCUT2D eigenvalue weighted by Crippen LogP contribution is -2.19. The first-order valence-corrected chi connectivity index (χ1v) is 8.91. The van der Waals surface area contributed by atoms with Gasteiger partial charge < -0.3 is 14.6 Å². The van der Waals surface area contributed by atoms with Crippen molar-refractivity contribution in [1.82, 2.24) is 9.55 Å². The first kappa shape index (κ1) is 20.3. The Bertz CT molecular complexity index is 1140. The second-order valence-electron chi connectivity index (χ2n) is 6.75. The molecule has 0 aliphatic rings. The highest BCUT2D eigenvalue weighted by Gasteiger charge is 2.12. The molecule has 0 bridgehead atoms. The van der Waals surface area contributed by atoms with Gasteiger partial charge in [0.1, 0.15) is 0 Å². The lowest BCUT2D eigenvalue weighted by atomic mass is 10.1. The van der Waals surface area contributed by atoms with Crippen LogP contribution >= 0.6 is 0 Å². The van der Waals surface area contributed by atoms with Gasteiger partial charge in [0, 0.05) is 5.69 Å². The lowest BCUT2D eigenvalue weighted by molar-refractivity contribution is 0.402. The summed E-state index contributed by atoms with van der Waals surface area (Å²) in [5, 5.41) is 3.16. The molecule has 0 saturated heterocycles. The third-order valence-corrected chi connectivity index (χ3v) is 4.50. The fourth-order valence-corrected chi connectivity index (χ4v) is 2.81. The van der Waals surface area contributed by atoms with E-state index in [2.05, 4.69) is 16.9 Å². The van der Waals surface area contributed by atoms with Gasteiger partial charge in [-0.05, 0) is 48.7 Å². The number of ether oxygens (including phenoxy) is 1. The zero-order valence-electron chi connectivity index (χ0n) is 16.4. The van der Waals surface area contributed by atoms with Crippen molar-refractivity contribution < 1.29 is 13.5 Å². The van der Waals surface area contributed by atoms with E-state index in [1.54, 1.807) is 4.57 Å². The van der Waals surface area contributed by atoms with E-state index in [0.29, 0.717) is 5.56 Å². The van der Waals surface area contributed by atoms with Gasteiger partial charge in [-0.1, -0.05) is 30.4 Å². The Labute approximate surface area is 167 Å². The molecule has 0 spiro atoms. The van der Waals surface area contributed by atoms with Gasteiger partial charge in [0.2, 0.25) is 11.7 Å². The summed E-state index contributed by atoms with van der Waals surface area (Å²) in [5.41, 5.74) is 3.51. The molecule has 0 atom stereocenters. The Morgan fingerprint density at radius 3 is 2.62 bits per heavy atom. The molecule has 0 unspecified atom stereocenters. The molecule has 1 N–H and O–H groups in total. The van der Waals surface area contributed by atoms with Crippen LogP contribution in [0.15, 0.2) is 54.0 Å². The minimum Gasteiger partial charge on any atom is -0.490 e. The minimum atomic E-state index is -0.942. The van der Waals surface area contributed by atoms with Crippen molar-refractivity contribution in [3.63, 3.8) is 0 Å². The predicted octanol–water partition coefficient (Wildman–Crippen LogP) is 4.66. The standard InChI is InChI=1S/C22H21F2N3O2/c1-13(2)16-7-5-14(3)19(10-16)25-22-26-21(28)20(29-4)12-27(22)11-15-6-8-17(23)18(24)9-15/h5-10,12H,1,11H2,2-4H3,(H,25,26,28). The Morgan fingerprint density at radius 2 is 1.97 bits per heavy atom. The topological polar surface area (TPSA) is 56.1 Å². The van der Waals surface area contributed by atoms with E-state index in [1.807, 2.05) is 32.0 Å². The van der Waals surface area contributed by atoms with Crippen molar-refractivity contribution >= 4 is 17.2 Å². The zero-order valence-corrected chi connectivity index (χ0v) is 16.4. The Kier molecular flexibility index (Phi) is 5.77. The Balaban J connectivity index is 2.05. The number of methoxy groups -OCH3 is 1. The molecule has 3 rings (SSSR count). The largest absolute Gasteiger partial charge is 0.490 e. The SMILES string of the molecule is C=C(C)c1ccc(C)c(Nc2nc(=O)c(OC)cn2Cc2ccc(F)c(F)c2)c1. The molecule has 0 aliphatic heterocycles. The minimum absolute atomic E-state index is 0.0468. The van der Waals surface area contributed by atoms with Gasteiger partial charge in [0.25, 0.3) is 0 Å². The number of rotatable bonds is 6. The van der Waals surface area contributed by atoms with Gasteiger partial charge >= 0.3 is 5.56 Å². The van der Waals surface area contributed by atoms with Crippen LogP contribution in [0.4, 0.5) is 20.4 Å².